The molecule has 5 rings (SSSR count). The summed E-state index contributed by atoms with van der Waals surface area (Å²) in [6, 6.07) is 32.2. The molecule has 0 aliphatic heterocycles. The zero-order valence-electron chi connectivity index (χ0n) is 16.1. The Morgan fingerprint density at radius 3 is 2.33 bits per heavy atom. The Labute approximate surface area is 183 Å². The van der Waals surface area contributed by atoms with Crippen molar-refractivity contribution in [3.8, 4) is 28.3 Å². The van der Waals surface area contributed by atoms with Crippen LogP contribution in [-0.4, -0.2) is 4.98 Å². The molecular formula is C26H18BrNO2. The van der Waals surface area contributed by atoms with Gasteiger partial charge in [0.25, 0.3) is 0 Å². The molecule has 0 radical (unpaired) electrons. The minimum Gasteiger partial charge on any atom is -0.488 e. The maximum absolute atomic E-state index is 6.25. The summed E-state index contributed by atoms with van der Waals surface area (Å²) in [5.74, 6) is 1.30. The van der Waals surface area contributed by atoms with Gasteiger partial charge in [0.05, 0.1) is 5.56 Å². The first-order chi connectivity index (χ1) is 14.8. The van der Waals surface area contributed by atoms with Crippen LogP contribution in [0, 0.1) is 0 Å². The summed E-state index contributed by atoms with van der Waals surface area (Å²) < 4.78 is 13.4. The highest BCUT2D eigenvalue weighted by molar-refractivity contribution is 9.10. The lowest BCUT2D eigenvalue weighted by molar-refractivity contribution is 0.307. The van der Waals surface area contributed by atoms with Crippen molar-refractivity contribution >= 4 is 27.0 Å². The van der Waals surface area contributed by atoms with Gasteiger partial charge in [-0.3, -0.25) is 0 Å². The number of hydrogen-bond acceptors (Lipinski definition) is 3. The van der Waals surface area contributed by atoms with Gasteiger partial charge in [-0.15, -0.1) is 0 Å². The number of oxazole rings is 1. The van der Waals surface area contributed by atoms with Crippen molar-refractivity contribution in [1.82, 2.24) is 4.98 Å². The third-order valence-electron chi connectivity index (χ3n) is 4.93. The Bertz CT molecular complexity index is 1260. The third-order valence-corrected chi connectivity index (χ3v) is 5.46. The molecule has 4 aromatic carbocycles. The fourth-order valence-corrected chi connectivity index (χ4v) is 3.72. The minimum atomic E-state index is 0.470. The second-order valence-electron chi connectivity index (χ2n) is 6.95. The highest BCUT2D eigenvalue weighted by Gasteiger charge is 2.19. The molecule has 4 heteroatoms. The van der Waals surface area contributed by atoms with E-state index in [1.807, 2.05) is 66.7 Å². The fraction of sp³-hybridized carbons (Fsp3) is 0.0385. The van der Waals surface area contributed by atoms with Gasteiger partial charge < -0.3 is 9.15 Å². The van der Waals surface area contributed by atoms with Crippen LogP contribution < -0.4 is 4.74 Å². The molecule has 0 aliphatic carbocycles. The second kappa shape index (κ2) is 8.17. The van der Waals surface area contributed by atoms with Crippen molar-refractivity contribution in [2.45, 2.75) is 6.61 Å². The third kappa shape index (κ3) is 3.74. The molecule has 3 nitrogen and oxygen atoms in total. The van der Waals surface area contributed by atoms with Gasteiger partial charge in [-0.2, -0.15) is 0 Å². The number of fused-ring (bicyclic) bond motifs is 1. The SMILES string of the molecule is Brc1ccc(-c2cccc(OCc3ccccc3)c2-c2nc3ccccc3o2)cc1. The molecule has 0 amide bonds. The summed E-state index contributed by atoms with van der Waals surface area (Å²) in [6.07, 6.45) is 0. The molecule has 0 aliphatic rings. The van der Waals surface area contributed by atoms with Crippen LogP contribution in [0.15, 0.2) is 106 Å². The first kappa shape index (κ1) is 18.6. The van der Waals surface area contributed by atoms with Gasteiger partial charge >= 0.3 is 0 Å². The van der Waals surface area contributed by atoms with Gasteiger partial charge in [-0.25, -0.2) is 4.98 Å². The number of rotatable bonds is 5. The molecule has 0 fully saturated rings. The Balaban J connectivity index is 1.64. The predicted molar refractivity (Wildman–Crippen MR) is 123 cm³/mol. The molecule has 0 unspecified atom stereocenters. The maximum Gasteiger partial charge on any atom is 0.231 e. The lowest BCUT2D eigenvalue weighted by Crippen LogP contribution is -1.98. The van der Waals surface area contributed by atoms with Crippen molar-refractivity contribution in [2.75, 3.05) is 0 Å². The van der Waals surface area contributed by atoms with E-state index in [0.29, 0.717) is 12.5 Å². The Morgan fingerprint density at radius 2 is 1.53 bits per heavy atom. The van der Waals surface area contributed by atoms with E-state index < -0.39 is 0 Å². The van der Waals surface area contributed by atoms with Gasteiger partial charge in [0.2, 0.25) is 5.89 Å². The normalized spacial score (nSPS) is 11.0. The zero-order valence-corrected chi connectivity index (χ0v) is 17.7. The molecule has 30 heavy (non-hydrogen) atoms. The van der Waals surface area contributed by atoms with Crippen LogP contribution in [0.4, 0.5) is 0 Å². The molecule has 1 aromatic heterocycles. The molecule has 0 saturated heterocycles. The topological polar surface area (TPSA) is 35.3 Å². The smallest absolute Gasteiger partial charge is 0.231 e. The molecule has 146 valence electrons. The van der Waals surface area contributed by atoms with E-state index in [2.05, 4.69) is 46.3 Å². The molecule has 5 aromatic rings. The highest BCUT2D eigenvalue weighted by atomic mass is 79.9. The highest BCUT2D eigenvalue weighted by Crippen LogP contribution is 2.40. The molecule has 0 atom stereocenters. The van der Waals surface area contributed by atoms with E-state index in [1.165, 1.54) is 0 Å². The van der Waals surface area contributed by atoms with Gasteiger partial charge in [0.1, 0.15) is 17.9 Å². The lowest BCUT2D eigenvalue weighted by Gasteiger charge is -2.14. The summed E-state index contributed by atoms with van der Waals surface area (Å²) in [5.41, 5.74) is 5.63. The van der Waals surface area contributed by atoms with E-state index in [9.17, 15) is 0 Å². The summed E-state index contributed by atoms with van der Waals surface area (Å²) in [5, 5.41) is 0. The molecular weight excluding hydrogens is 438 g/mol. The zero-order chi connectivity index (χ0) is 20.3. The standard InChI is InChI=1S/C26H18BrNO2/c27-20-15-13-19(14-16-20)21-9-6-12-24(29-17-18-7-2-1-3-8-18)25(21)26-28-22-10-4-5-11-23(22)30-26/h1-16H,17H2. The maximum atomic E-state index is 6.25. The van der Waals surface area contributed by atoms with E-state index in [1.54, 1.807) is 0 Å². The number of halogens is 1. The van der Waals surface area contributed by atoms with Crippen molar-refractivity contribution in [1.29, 1.82) is 0 Å². The number of aromatic nitrogens is 1. The molecule has 0 spiro atoms. The monoisotopic (exact) mass is 455 g/mol. The van der Waals surface area contributed by atoms with Crippen LogP contribution in [-0.2, 0) is 6.61 Å². The average Bonchev–Trinajstić information content (AvgIpc) is 3.22. The Morgan fingerprint density at radius 1 is 0.767 bits per heavy atom. The van der Waals surface area contributed by atoms with Crippen LogP contribution >= 0.6 is 15.9 Å². The molecule has 0 bridgehead atoms. The van der Waals surface area contributed by atoms with Gasteiger partial charge in [-0.1, -0.05) is 82.7 Å². The quantitative estimate of drug-likeness (QED) is 0.275. The fourth-order valence-electron chi connectivity index (χ4n) is 3.46. The van der Waals surface area contributed by atoms with Crippen molar-refractivity contribution in [3.63, 3.8) is 0 Å². The van der Waals surface area contributed by atoms with Gasteiger partial charge in [-0.05, 0) is 47.0 Å². The van der Waals surface area contributed by atoms with Crippen molar-refractivity contribution in [2.24, 2.45) is 0 Å². The summed E-state index contributed by atoms with van der Waals surface area (Å²) in [6.45, 7) is 0.470. The van der Waals surface area contributed by atoms with Gasteiger partial charge in [0.15, 0.2) is 5.58 Å². The predicted octanol–water partition coefficient (Wildman–Crippen LogP) is 7.50. The number of nitrogens with zero attached hydrogens (tertiary/aromatic N) is 1. The van der Waals surface area contributed by atoms with Crippen LogP contribution in [0.25, 0.3) is 33.7 Å². The first-order valence-electron chi connectivity index (χ1n) is 9.69. The van der Waals surface area contributed by atoms with Crippen LogP contribution in [0.2, 0.25) is 0 Å². The number of hydrogen-bond donors (Lipinski definition) is 0. The largest absolute Gasteiger partial charge is 0.488 e. The van der Waals surface area contributed by atoms with E-state index in [-0.39, 0.29) is 0 Å². The Kier molecular flexibility index (Phi) is 5.08. The van der Waals surface area contributed by atoms with E-state index in [4.69, 9.17) is 14.1 Å². The lowest BCUT2D eigenvalue weighted by atomic mass is 9.98. The number of ether oxygens (including phenoxy) is 1. The Hall–Kier alpha value is -3.37. The van der Waals surface area contributed by atoms with Crippen LogP contribution in [0.1, 0.15) is 5.56 Å². The van der Waals surface area contributed by atoms with Crippen LogP contribution in [0.3, 0.4) is 0 Å². The van der Waals surface area contributed by atoms with Crippen molar-refractivity contribution < 1.29 is 9.15 Å². The average molecular weight is 456 g/mol. The molecule has 0 saturated carbocycles. The van der Waals surface area contributed by atoms with Crippen molar-refractivity contribution in [3.05, 3.63) is 107 Å². The number of para-hydroxylation sites is 2. The first-order valence-corrected chi connectivity index (χ1v) is 10.5. The second-order valence-corrected chi connectivity index (χ2v) is 7.86. The summed E-state index contributed by atoms with van der Waals surface area (Å²) >= 11 is 3.51. The molecule has 0 N–H and O–H groups in total. The van der Waals surface area contributed by atoms with E-state index >= 15 is 0 Å². The summed E-state index contributed by atoms with van der Waals surface area (Å²) in [4.78, 5) is 4.75. The van der Waals surface area contributed by atoms with Gasteiger partial charge in [0, 0.05) is 4.47 Å². The van der Waals surface area contributed by atoms with E-state index in [0.717, 1.165) is 43.6 Å². The molecule has 1 heterocycles. The van der Waals surface area contributed by atoms with Crippen LogP contribution in [0.5, 0.6) is 5.75 Å². The number of benzene rings is 4. The minimum absolute atomic E-state index is 0.470. The summed E-state index contributed by atoms with van der Waals surface area (Å²) in [7, 11) is 0.